The SMILES string of the molecule is NCc1ccc(CNS(=O)(=O)c2ccc(Br)cc2Br)cc1. The lowest BCUT2D eigenvalue weighted by Gasteiger charge is -2.09. The molecule has 0 aliphatic heterocycles. The van der Waals surface area contributed by atoms with Crippen LogP contribution in [-0.2, 0) is 23.1 Å². The monoisotopic (exact) mass is 432 g/mol. The molecule has 4 nitrogen and oxygen atoms in total. The molecule has 0 heterocycles. The Morgan fingerprint density at radius 3 is 2.19 bits per heavy atom. The number of sulfonamides is 1. The van der Waals surface area contributed by atoms with E-state index in [-0.39, 0.29) is 11.4 Å². The van der Waals surface area contributed by atoms with E-state index in [4.69, 9.17) is 5.73 Å². The van der Waals surface area contributed by atoms with Crippen molar-refractivity contribution in [3.05, 3.63) is 62.5 Å². The highest BCUT2D eigenvalue weighted by Gasteiger charge is 2.17. The number of benzene rings is 2. The summed E-state index contributed by atoms with van der Waals surface area (Å²) in [6, 6.07) is 12.4. The van der Waals surface area contributed by atoms with Gasteiger partial charge in [0.05, 0.1) is 4.90 Å². The molecule has 0 aliphatic rings. The van der Waals surface area contributed by atoms with Crippen LogP contribution in [0.2, 0.25) is 0 Å². The average molecular weight is 434 g/mol. The molecule has 0 saturated carbocycles. The molecule has 0 fully saturated rings. The Balaban J connectivity index is 2.13. The molecular formula is C14H14Br2N2O2S. The second-order valence-electron chi connectivity index (χ2n) is 4.42. The lowest BCUT2D eigenvalue weighted by atomic mass is 10.1. The normalized spacial score (nSPS) is 11.6. The van der Waals surface area contributed by atoms with Gasteiger partial charge in [-0.05, 0) is 45.3 Å². The van der Waals surface area contributed by atoms with Crippen LogP contribution in [0.25, 0.3) is 0 Å². The third-order valence-electron chi connectivity index (χ3n) is 2.91. The summed E-state index contributed by atoms with van der Waals surface area (Å²) < 4.78 is 28.5. The molecule has 0 amide bonds. The van der Waals surface area contributed by atoms with E-state index in [1.54, 1.807) is 18.2 Å². The van der Waals surface area contributed by atoms with Crippen LogP contribution >= 0.6 is 31.9 Å². The van der Waals surface area contributed by atoms with E-state index in [1.807, 2.05) is 24.3 Å². The molecule has 0 aliphatic carbocycles. The molecule has 3 N–H and O–H groups in total. The maximum Gasteiger partial charge on any atom is 0.241 e. The Hall–Kier alpha value is -0.730. The van der Waals surface area contributed by atoms with Crippen molar-refractivity contribution in [1.29, 1.82) is 0 Å². The Kier molecular flexibility index (Phi) is 5.56. The molecule has 0 radical (unpaired) electrons. The zero-order valence-corrected chi connectivity index (χ0v) is 15.0. The van der Waals surface area contributed by atoms with Crippen LogP contribution < -0.4 is 10.5 Å². The van der Waals surface area contributed by atoms with Crippen LogP contribution in [0.15, 0.2) is 56.3 Å². The van der Waals surface area contributed by atoms with E-state index in [0.29, 0.717) is 11.0 Å². The van der Waals surface area contributed by atoms with Gasteiger partial charge in [0.25, 0.3) is 0 Å². The number of nitrogens with two attached hydrogens (primary N) is 1. The number of nitrogens with one attached hydrogen (secondary N) is 1. The fraction of sp³-hybridized carbons (Fsp3) is 0.143. The lowest BCUT2D eigenvalue weighted by molar-refractivity contribution is 0.581. The van der Waals surface area contributed by atoms with Crippen molar-refractivity contribution in [1.82, 2.24) is 4.72 Å². The number of halogens is 2. The van der Waals surface area contributed by atoms with Crippen molar-refractivity contribution < 1.29 is 8.42 Å². The molecule has 7 heteroatoms. The summed E-state index contributed by atoms with van der Waals surface area (Å²) in [7, 11) is -3.56. The first-order valence-electron chi connectivity index (χ1n) is 6.15. The van der Waals surface area contributed by atoms with Crippen LogP contribution in [0.4, 0.5) is 0 Å². The van der Waals surface area contributed by atoms with E-state index < -0.39 is 10.0 Å². The third-order valence-corrected chi connectivity index (χ3v) is 5.78. The number of rotatable bonds is 5. The molecule has 112 valence electrons. The predicted molar refractivity (Wildman–Crippen MR) is 90.2 cm³/mol. The van der Waals surface area contributed by atoms with Crippen molar-refractivity contribution in [2.45, 2.75) is 18.0 Å². The Bertz CT molecular complexity index is 731. The molecule has 0 unspecified atom stereocenters. The van der Waals surface area contributed by atoms with Gasteiger partial charge in [0.15, 0.2) is 0 Å². The molecule has 0 spiro atoms. The van der Waals surface area contributed by atoms with Crippen LogP contribution in [0.1, 0.15) is 11.1 Å². The highest BCUT2D eigenvalue weighted by molar-refractivity contribution is 9.11. The summed E-state index contributed by atoms with van der Waals surface area (Å²) in [5, 5.41) is 0. The van der Waals surface area contributed by atoms with Gasteiger partial charge < -0.3 is 5.73 Å². The van der Waals surface area contributed by atoms with Gasteiger partial charge in [-0.2, -0.15) is 0 Å². The van der Waals surface area contributed by atoms with Crippen LogP contribution in [0, 0.1) is 0 Å². The van der Waals surface area contributed by atoms with Crippen molar-refractivity contribution in [3.8, 4) is 0 Å². The molecule has 21 heavy (non-hydrogen) atoms. The molecule has 2 aromatic rings. The third kappa shape index (κ3) is 4.37. The zero-order valence-electron chi connectivity index (χ0n) is 11.0. The summed E-state index contributed by atoms with van der Waals surface area (Å²) in [6.45, 7) is 0.702. The molecular weight excluding hydrogens is 420 g/mol. The maximum atomic E-state index is 12.3. The van der Waals surface area contributed by atoms with Crippen LogP contribution in [0.3, 0.4) is 0 Å². The van der Waals surface area contributed by atoms with E-state index in [9.17, 15) is 8.42 Å². The second-order valence-corrected chi connectivity index (χ2v) is 7.93. The molecule has 0 aromatic heterocycles. The molecule has 2 rings (SSSR count). The number of hydrogen-bond donors (Lipinski definition) is 2. The zero-order chi connectivity index (χ0) is 15.5. The van der Waals surface area contributed by atoms with Gasteiger partial charge in [-0.15, -0.1) is 0 Å². The molecule has 0 atom stereocenters. The summed E-state index contributed by atoms with van der Waals surface area (Å²) in [5.74, 6) is 0. The molecule has 0 saturated heterocycles. The maximum absolute atomic E-state index is 12.3. The topological polar surface area (TPSA) is 72.2 Å². The van der Waals surface area contributed by atoms with E-state index in [1.165, 1.54) is 0 Å². The Morgan fingerprint density at radius 2 is 1.62 bits per heavy atom. The smallest absolute Gasteiger partial charge is 0.241 e. The first kappa shape index (κ1) is 16.6. The van der Waals surface area contributed by atoms with Gasteiger partial charge in [0.2, 0.25) is 10.0 Å². The highest BCUT2D eigenvalue weighted by Crippen LogP contribution is 2.25. The summed E-state index contributed by atoms with van der Waals surface area (Å²) in [4.78, 5) is 0.212. The van der Waals surface area contributed by atoms with Gasteiger partial charge in [0.1, 0.15) is 0 Å². The minimum atomic E-state index is -3.56. The van der Waals surface area contributed by atoms with E-state index in [0.717, 1.165) is 15.6 Å². The van der Waals surface area contributed by atoms with Gasteiger partial charge in [-0.1, -0.05) is 40.2 Å². The number of hydrogen-bond acceptors (Lipinski definition) is 3. The van der Waals surface area contributed by atoms with Crippen LogP contribution in [0.5, 0.6) is 0 Å². The Morgan fingerprint density at radius 1 is 1.00 bits per heavy atom. The predicted octanol–water partition coefficient (Wildman–Crippen LogP) is 3.15. The fourth-order valence-electron chi connectivity index (χ4n) is 1.74. The molecule has 0 bridgehead atoms. The standard InChI is InChI=1S/C14H14Br2N2O2S/c15-12-5-6-14(13(16)7-12)21(19,20)18-9-11-3-1-10(8-17)2-4-11/h1-7,18H,8-9,17H2. The first-order chi connectivity index (χ1) is 9.92. The summed E-state index contributed by atoms with van der Waals surface area (Å²) in [5.41, 5.74) is 7.42. The fourth-order valence-corrected chi connectivity index (χ4v) is 4.50. The second kappa shape index (κ2) is 7.02. The highest BCUT2D eigenvalue weighted by atomic mass is 79.9. The van der Waals surface area contributed by atoms with Crippen molar-refractivity contribution in [3.63, 3.8) is 0 Å². The van der Waals surface area contributed by atoms with Gasteiger partial charge in [0, 0.05) is 22.0 Å². The largest absolute Gasteiger partial charge is 0.326 e. The Labute approximate surface area is 141 Å². The van der Waals surface area contributed by atoms with Gasteiger partial charge >= 0.3 is 0 Å². The van der Waals surface area contributed by atoms with Crippen molar-refractivity contribution in [2.75, 3.05) is 0 Å². The quantitative estimate of drug-likeness (QED) is 0.760. The first-order valence-corrected chi connectivity index (χ1v) is 9.22. The minimum absolute atomic E-state index is 0.212. The van der Waals surface area contributed by atoms with Crippen molar-refractivity contribution in [2.24, 2.45) is 5.73 Å². The van der Waals surface area contributed by atoms with Crippen molar-refractivity contribution >= 4 is 41.9 Å². The lowest BCUT2D eigenvalue weighted by Crippen LogP contribution is -2.23. The summed E-state index contributed by atoms with van der Waals surface area (Å²) >= 11 is 6.56. The minimum Gasteiger partial charge on any atom is -0.326 e. The van der Waals surface area contributed by atoms with E-state index in [2.05, 4.69) is 36.6 Å². The summed E-state index contributed by atoms with van der Waals surface area (Å²) in [6.07, 6.45) is 0. The molecule has 2 aromatic carbocycles. The average Bonchev–Trinajstić information content (AvgIpc) is 2.45. The van der Waals surface area contributed by atoms with Crippen LogP contribution in [-0.4, -0.2) is 8.42 Å². The van der Waals surface area contributed by atoms with E-state index >= 15 is 0 Å². The van der Waals surface area contributed by atoms with Gasteiger partial charge in [-0.25, -0.2) is 13.1 Å². The van der Waals surface area contributed by atoms with Gasteiger partial charge in [-0.3, -0.25) is 0 Å².